The van der Waals surface area contributed by atoms with Crippen molar-refractivity contribution >= 4 is 10.0 Å². The zero-order valence-corrected chi connectivity index (χ0v) is 14.5. The van der Waals surface area contributed by atoms with Crippen molar-refractivity contribution in [2.24, 2.45) is 5.92 Å². The summed E-state index contributed by atoms with van der Waals surface area (Å²) in [5.74, 6) is 0.602. The van der Waals surface area contributed by atoms with Crippen LogP contribution in [0.1, 0.15) is 18.4 Å². The Kier molecular flexibility index (Phi) is 5.36. The van der Waals surface area contributed by atoms with Crippen molar-refractivity contribution in [1.82, 2.24) is 9.21 Å². The smallest absolute Gasteiger partial charge is 0.218 e. The second-order valence-corrected chi connectivity index (χ2v) is 8.73. The normalized spacial score (nSPS) is 23.3. The highest BCUT2D eigenvalue weighted by molar-refractivity contribution is 7.88. The number of sulfonamides is 1. The van der Waals surface area contributed by atoms with Crippen LogP contribution in [0.3, 0.4) is 0 Å². The maximum Gasteiger partial charge on any atom is 0.218 e. The van der Waals surface area contributed by atoms with E-state index in [9.17, 15) is 8.42 Å². The second-order valence-electron chi connectivity index (χ2n) is 6.76. The van der Waals surface area contributed by atoms with E-state index >= 15 is 0 Å². The number of hydrogen-bond acceptors (Lipinski definition) is 4. The number of morpholine rings is 1. The average molecular weight is 338 g/mol. The molecule has 0 spiro atoms. The minimum atomic E-state index is -3.31. The Labute approximate surface area is 139 Å². The molecule has 1 aliphatic heterocycles. The Hall–Kier alpha value is -0.950. The van der Waals surface area contributed by atoms with Gasteiger partial charge < -0.3 is 9.64 Å². The summed E-state index contributed by atoms with van der Waals surface area (Å²) in [6.07, 6.45) is 2.25. The first kappa shape index (κ1) is 16.9. The molecule has 0 unspecified atom stereocenters. The van der Waals surface area contributed by atoms with E-state index in [0.717, 1.165) is 31.5 Å². The van der Waals surface area contributed by atoms with Gasteiger partial charge in [0.15, 0.2) is 0 Å². The molecule has 2 aliphatic rings. The zero-order valence-electron chi connectivity index (χ0n) is 13.7. The summed E-state index contributed by atoms with van der Waals surface area (Å²) >= 11 is 0. The van der Waals surface area contributed by atoms with Crippen LogP contribution in [0, 0.1) is 5.92 Å². The second kappa shape index (κ2) is 7.30. The molecule has 0 radical (unpaired) electrons. The Morgan fingerprint density at radius 2 is 1.96 bits per heavy atom. The highest BCUT2D eigenvalue weighted by Gasteiger charge is 2.33. The molecule has 23 heavy (non-hydrogen) atoms. The van der Waals surface area contributed by atoms with Gasteiger partial charge >= 0.3 is 0 Å². The minimum absolute atomic E-state index is 0.0296. The lowest BCUT2D eigenvalue weighted by molar-refractivity contribution is -0.0268. The molecule has 3 rings (SSSR count). The minimum Gasteiger partial charge on any atom is -0.374 e. The molecule has 6 heteroatoms. The van der Waals surface area contributed by atoms with E-state index in [1.54, 1.807) is 4.31 Å². The summed E-state index contributed by atoms with van der Waals surface area (Å²) in [6, 6.07) is 9.42. The lowest BCUT2D eigenvalue weighted by Crippen LogP contribution is -2.48. The van der Waals surface area contributed by atoms with Gasteiger partial charge in [0.1, 0.15) is 0 Å². The fraction of sp³-hybridized carbons (Fsp3) is 0.647. The van der Waals surface area contributed by atoms with Crippen LogP contribution in [0.15, 0.2) is 30.3 Å². The van der Waals surface area contributed by atoms with Gasteiger partial charge in [0.05, 0.1) is 18.5 Å². The zero-order chi connectivity index (χ0) is 16.3. The van der Waals surface area contributed by atoms with Crippen LogP contribution in [-0.4, -0.2) is 63.6 Å². The van der Waals surface area contributed by atoms with Gasteiger partial charge in [-0.1, -0.05) is 30.3 Å². The van der Waals surface area contributed by atoms with Crippen molar-refractivity contribution in [3.8, 4) is 0 Å². The SMILES string of the molecule is CN1CCO[C@@H](CN(CC2CC2)S(=O)(=O)Cc2ccccc2)C1. The van der Waals surface area contributed by atoms with Gasteiger partial charge in [-0.2, -0.15) is 4.31 Å². The molecule has 1 heterocycles. The molecule has 1 aromatic carbocycles. The predicted octanol–water partition coefficient (Wildman–Crippen LogP) is 1.56. The first-order valence-corrected chi connectivity index (χ1v) is 9.96. The lowest BCUT2D eigenvalue weighted by Gasteiger charge is -2.33. The van der Waals surface area contributed by atoms with Crippen molar-refractivity contribution in [2.75, 3.05) is 39.8 Å². The van der Waals surface area contributed by atoms with E-state index in [2.05, 4.69) is 11.9 Å². The Morgan fingerprint density at radius 3 is 2.61 bits per heavy atom. The van der Waals surface area contributed by atoms with Crippen LogP contribution in [0.5, 0.6) is 0 Å². The van der Waals surface area contributed by atoms with Crippen LogP contribution >= 0.6 is 0 Å². The van der Waals surface area contributed by atoms with Gasteiger partial charge in [0.2, 0.25) is 10.0 Å². The molecule has 1 aliphatic carbocycles. The summed E-state index contributed by atoms with van der Waals surface area (Å²) < 4.78 is 33.2. The number of nitrogens with zero attached hydrogens (tertiary/aromatic N) is 2. The van der Waals surface area contributed by atoms with Crippen molar-refractivity contribution in [1.29, 1.82) is 0 Å². The summed E-state index contributed by atoms with van der Waals surface area (Å²) in [5, 5.41) is 0. The van der Waals surface area contributed by atoms with Crippen LogP contribution < -0.4 is 0 Å². The third-order valence-corrected chi connectivity index (χ3v) is 6.28. The van der Waals surface area contributed by atoms with Gasteiger partial charge in [-0.05, 0) is 31.4 Å². The highest BCUT2D eigenvalue weighted by Crippen LogP contribution is 2.31. The van der Waals surface area contributed by atoms with Crippen molar-refractivity contribution in [3.05, 3.63) is 35.9 Å². The quantitative estimate of drug-likeness (QED) is 0.757. The van der Waals surface area contributed by atoms with Crippen molar-refractivity contribution < 1.29 is 13.2 Å². The molecule has 1 atom stereocenters. The maximum absolute atomic E-state index is 12.9. The standard InChI is InChI=1S/C17H26N2O3S/c1-18-9-10-22-17(12-18)13-19(11-15-7-8-15)23(20,21)14-16-5-3-2-4-6-16/h2-6,15,17H,7-14H2,1H3/t17-/m1/s1. The van der Waals surface area contributed by atoms with E-state index < -0.39 is 10.0 Å². The molecule has 0 bridgehead atoms. The summed E-state index contributed by atoms with van der Waals surface area (Å²) in [5.41, 5.74) is 0.843. The molecule has 1 aromatic rings. The van der Waals surface area contributed by atoms with Crippen LogP contribution in [-0.2, 0) is 20.5 Å². The van der Waals surface area contributed by atoms with Gasteiger partial charge in [-0.15, -0.1) is 0 Å². The molecule has 1 saturated heterocycles. The molecule has 1 saturated carbocycles. The van der Waals surface area contributed by atoms with E-state index in [0.29, 0.717) is 25.6 Å². The van der Waals surface area contributed by atoms with E-state index in [1.807, 2.05) is 30.3 Å². The monoisotopic (exact) mass is 338 g/mol. The maximum atomic E-state index is 12.9. The molecule has 128 valence electrons. The third kappa shape index (κ3) is 5.01. The van der Waals surface area contributed by atoms with Crippen LogP contribution in [0.4, 0.5) is 0 Å². The fourth-order valence-corrected chi connectivity index (χ4v) is 4.60. The number of rotatable bonds is 7. The molecular formula is C17H26N2O3S. The fourth-order valence-electron chi connectivity index (χ4n) is 2.97. The first-order valence-electron chi connectivity index (χ1n) is 8.35. The van der Waals surface area contributed by atoms with Gasteiger partial charge in [0.25, 0.3) is 0 Å². The van der Waals surface area contributed by atoms with Gasteiger partial charge in [-0.3, -0.25) is 0 Å². The lowest BCUT2D eigenvalue weighted by atomic mass is 10.2. The van der Waals surface area contributed by atoms with Crippen molar-refractivity contribution in [3.63, 3.8) is 0 Å². The number of likely N-dealkylation sites (N-methyl/N-ethyl adjacent to an activating group) is 1. The van der Waals surface area contributed by atoms with Crippen LogP contribution in [0.2, 0.25) is 0 Å². The Balaban J connectivity index is 1.69. The van der Waals surface area contributed by atoms with E-state index in [-0.39, 0.29) is 11.9 Å². The predicted molar refractivity (Wildman–Crippen MR) is 90.6 cm³/mol. The average Bonchev–Trinajstić information content (AvgIpc) is 3.31. The van der Waals surface area contributed by atoms with Gasteiger partial charge in [0, 0.05) is 26.2 Å². The van der Waals surface area contributed by atoms with E-state index in [1.165, 1.54) is 0 Å². The third-order valence-electron chi connectivity index (χ3n) is 4.49. The number of hydrogen-bond donors (Lipinski definition) is 0. The largest absolute Gasteiger partial charge is 0.374 e. The first-order chi connectivity index (χ1) is 11.0. The van der Waals surface area contributed by atoms with Crippen molar-refractivity contribution in [2.45, 2.75) is 24.7 Å². The number of benzene rings is 1. The Morgan fingerprint density at radius 1 is 1.22 bits per heavy atom. The molecule has 0 N–H and O–H groups in total. The number of ether oxygens (including phenoxy) is 1. The summed E-state index contributed by atoms with van der Waals surface area (Å²) in [4.78, 5) is 2.20. The highest BCUT2D eigenvalue weighted by atomic mass is 32.2. The summed E-state index contributed by atoms with van der Waals surface area (Å²) in [6.45, 7) is 3.49. The van der Waals surface area contributed by atoms with E-state index in [4.69, 9.17) is 4.74 Å². The molecule has 0 amide bonds. The summed E-state index contributed by atoms with van der Waals surface area (Å²) in [7, 11) is -1.26. The topological polar surface area (TPSA) is 49.9 Å². The molecule has 0 aromatic heterocycles. The Bertz CT molecular complexity index is 602. The van der Waals surface area contributed by atoms with Crippen LogP contribution in [0.25, 0.3) is 0 Å². The molecule has 5 nitrogen and oxygen atoms in total. The molecule has 2 fully saturated rings. The molecular weight excluding hydrogens is 312 g/mol. The van der Waals surface area contributed by atoms with Gasteiger partial charge in [-0.25, -0.2) is 8.42 Å².